The molecular formula is C81H81ClN4O. The highest BCUT2D eigenvalue weighted by molar-refractivity contribution is 6.37. The molecule has 13 rings (SSSR count). The van der Waals surface area contributed by atoms with E-state index in [1.807, 2.05) is 6.07 Å². The molecule has 1 aliphatic rings. The standard InChI is InChI=1S/C81H81ClN4O/c1-50-43-70(74(82)71(44-50)85-68-42-34-55(80(11,12)13)47-69(68)86-67-41-33-54(79(8,9)10)45-65(67)66-46-56(81(14,15)16)48-72(85)75(66)86)84(59-35-27-51(28-36-59)62-24-20-25-64-63-23-17-18-26-73(63)87-76(62)64)61-22-19-21-60(49-61)83(57-37-29-52(30-38-57)77(2,3)4)58-39-31-53(32-40-58)78(5,6)7/h17-49H,1-16H3. The van der Waals surface area contributed by atoms with E-state index in [1.54, 1.807) is 0 Å². The molecular weight excluding hydrogens is 1080 g/mol. The second kappa shape index (κ2) is 20.6. The average molecular weight is 1160 g/mol. The Morgan fingerprint density at radius 3 is 1.49 bits per heavy atom. The molecule has 0 spiro atoms. The zero-order chi connectivity index (χ0) is 61.4. The third-order valence-electron chi connectivity index (χ3n) is 18.0. The SMILES string of the molecule is Cc1cc(N(c2ccc(-c3cccc4c3oc3ccccc34)cc2)c2cccc(N(c3ccc(C(C)(C)C)cc3)c3ccc(C(C)(C)C)cc3)c2)c(Cl)c(N2c3ccc(C(C)(C)C)cc3-n3c4ccc(C(C)(C)C)cc4c4cc(C(C)(C)C)cc2c43)c1. The van der Waals surface area contributed by atoms with Crippen LogP contribution in [0, 0.1) is 6.92 Å². The predicted octanol–water partition coefficient (Wildman–Crippen LogP) is 24.5. The van der Waals surface area contributed by atoms with Gasteiger partial charge in [-0.25, -0.2) is 0 Å². The molecule has 0 bridgehead atoms. The lowest BCUT2D eigenvalue weighted by Gasteiger charge is -2.37. The largest absolute Gasteiger partial charge is 0.455 e. The van der Waals surface area contributed by atoms with Gasteiger partial charge in [0.2, 0.25) is 0 Å². The number of hydrogen-bond donors (Lipinski definition) is 0. The summed E-state index contributed by atoms with van der Waals surface area (Å²) < 4.78 is 9.16. The van der Waals surface area contributed by atoms with Crippen LogP contribution in [0.15, 0.2) is 205 Å². The number of nitrogens with zero attached hydrogens (tertiary/aromatic N) is 4. The van der Waals surface area contributed by atoms with Gasteiger partial charge in [0.1, 0.15) is 11.2 Å². The monoisotopic (exact) mass is 1160 g/mol. The summed E-state index contributed by atoms with van der Waals surface area (Å²) in [5.74, 6) is 0. The highest BCUT2D eigenvalue weighted by Gasteiger charge is 2.35. The average Bonchev–Trinajstić information content (AvgIpc) is 1.61. The second-order valence-electron chi connectivity index (χ2n) is 29.5. The van der Waals surface area contributed by atoms with Gasteiger partial charge in [0.05, 0.1) is 44.5 Å². The molecule has 438 valence electrons. The minimum Gasteiger partial charge on any atom is -0.455 e. The van der Waals surface area contributed by atoms with Gasteiger partial charge in [-0.05, 0) is 182 Å². The molecule has 0 fully saturated rings. The number of aryl methyl sites for hydroxylation is 1. The van der Waals surface area contributed by atoms with Crippen LogP contribution >= 0.6 is 11.6 Å². The summed E-state index contributed by atoms with van der Waals surface area (Å²) in [6.07, 6.45) is 0. The molecule has 0 unspecified atom stereocenters. The molecule has 5 nitrogen and oxygen atoms in total. The highest BCUT2D eigenvalue weighted by Crippen LogP contribution is 2.56. The summed E-state index contributed by atoms with van der Waals surface area (Å²) in [5, 5.41) is 5.34. The van der Waals surface area contributed by atoms with Gasteiger partial charge < -0.3 is 23.7 Å². The van der Waals surface area contributed by atoms with Crippen LogP contribution < -0.4 is 14.7 Å². The minimum absolute atomic E-state index is 0.000188. The molecule has 87 heavy (non-hydrogen) atoms. The fourth-order valence-corrected chi connectivity index (χ4v) is 13.2. The predicted molar refractivity (Wildman–Crippen MR) is 374 cm³/mol. The Balaban J connectivity index is 1.05. The topological polar surface area (TPSA) is 27.8 Å². The third kappa shape index (κ3) is 10.2. The molecule has 2 aromatic heterocycles. The quantitative estimate of drug-likeness (QED) is 0.152. The van der Waals surface area contributed by atoms with E-state index in [0.29, 0.717) is 5.02 Å². The van der Waals surface area contributed by atoms with Crippen LogP contribution in [0.2, 0.25) is 5.02 Å². The molecule has 0 radical (unpaired) electrons. The maximum atomic E-state index is 8.44. The Morgan fingerprint density at radius 1 is 0.368 bits per heavy atom. The molecule has 0 N–H and O–H groups in total. The van der Waals surface area contributed by atoms with Crippen molar-refractivity contribution in [2.75, 3.05) is 14.7 Å². The summed E-state index contributed by atoms with van der Waals surface area (Å²) >= 11 is 8.44. The van der Waals surface area contributed by atoms with E-state index in [1.165, 1.54) is 49.6 Å². The smallest absolute Gasteiger partial charge is 0.143 e. The third-order valence-corrected chi connectivity index (χ3v) is 18.4. The lowest BCUT2D eigenvalue weighted by atomic mass is 9.84. The van der Waals surface area contributed by atoms with Crippen LogP contribution in [-0.2, 0) is 27.1 Å². The molecule has 0 atom stereocenters. The first-order valence-electron chi connectivity index (χ1n) is 30.9. The number of hydrogen-bond acceptors (Lipinski definition) is 4. The summed E-state index contributed by atoms with van der Waals surface area (Å²) in [6, 6.07) is 74.5. The van der Waals surface area contributed by atoms with E-state index in [0.717, 1.165) is 95.5 Å². The van der Waals surface area contributed by atoms with E-state index in [2.05, 4.69) is 324 Å². The van der Waals surface area contributed by atoms with Crippen molar-refractivity contribution in [2.45, 2.75) is 138 Å². The highest BCUT2D eigenvalue weighted by atomic mass is 35.5. The van der Waals surface area contributed by atoms with Gasteiger partial charge in [0.25, 0.3) is 0 Å². The first-order chi connectivity index (χ1) is 41.1. The number of anilines is 9. The van der Waals surface area contributed by atoms with E-state index < -0.39 is 0 Å². The fourth-order valence-electron chi connectivity index (χ4n) is 12.9. The molecule has 0 amide bonds. The van der Waals surface area contributed by atoms with Crippen molar-refractivity contribution in [3.05, 3.63) is 239 Å². The minimum atomic E-state index is -0.161. The zero-order valence-electron chi connectivity index (χ0n) is 53.6. The van der Waals surface area contributed by atoms with Crippen LogP contribution in [0.4, 0.5) is 51.2 Å². The van der Waals surface area contributed by atoms with E-state index in [-0.39, 0.29) is 27.1 Å². The Labute approximate surface area is 520 Å². The van der Waals surface area contributed by atoms with E-state index in [4.69, 9.17) is 16.0 Å². The summed E-state index contributed by atoms with van der Waals surface area (Å²) in [7, 11) is 0. The van der Waals surface area contributed by atoms with Gasteiger partial charge in [-0.15, -0.1) is 0 Å². The summed E-state index contributed by atoms with van der Waals surface area (Å²) in [4.78, 5) is 7.21. The summed E-state index contributed by atoms with van der Waals surface area (Å²) in [6.45, 7) is 36.7. The van der Waals surface area contributed by atoms with Crippen molar-refractivity contribution < 1.29 is 4.42 Å². The first kappa shape index (κ1) is 57.6. The number of halogens is 1. The molecule has 12 aromatic rings. The van der Waals surface area contributed by atoms with Crippen molar-refractivity contribution in [1.82, 2.24) is 4.57 Å². The molecule has 0 saturated carbocycles. The van der Waals surface area contributed by atoms with E-state index >= 15 is 0 Å². The number of fused-ring (bicyclic) bond motifs is 8. The van der Waals surface area contributed by atoms with Crippen molar-refractivity contribution in [1.29, 1.82) is 0 Å². The number of aromatic nitrogens is 1. The molecule has 10 aromatic carbocycles. The zero-order valence-corrected chi connectivity index (χ0v) is 54.4. The van der Waals surface area contributed by atoms with Crippen molar-refractivity contribution in [2.24, 2.45) is 0 Å². The van der Waals surface area contributed by atoms with Crippen LogP contribution in [0.25, 0.3) is 60.6 Å². The Morgan fingerprint density at radius 2 is 0.874 bits per heavy atom. The number of benzene rings is 10. The normalized spacial score (nSPS) is 13.1. The Hall–Kier alpha value is -8.51. The van der Waals surface area contributed by atoms with Gasteiger partial charge in [0, 0.05) is 55.5 Å². The number of furan rings is 1. The molecule has 0 aliphatic carbocycles. The fraction of sp³-hybridized carbons (Fsp3) is 0.259. The van der Waals surface area contributed by atoms with Gasteiger partial charge in [-0.1, -0.05) is 206 Å². The lowest BCUT2D eigenvalue weighted by Crippen LogP contribution is -2.22. The molecule has 1 aliphatic heterocycles. The van der Waals surface area contributed by atoms with Crippen LogP contribution in [0.3, 0.4) is 0 Å². The number of para-hydroxylation sites is 2. The van der Waals surface area contributed by atoms with Crippen LogP contribution in [0.1, 0.15) is 137 Å². The summed E-state index contributed by atoms with van der Waals surface area (Å²) in [5.41, 5.74) is 23.6. The molecule has 3 heterocycles. The van der Waals surface area contributed by atoms with Crippen molar-refractivity contribution in [3.63, 3.8) is 0 Å². The first-order valence-corrected chi connectivity index (χ1v) is 31.3. The van der Waals surface area contributed by atoms with Gasteiger partial charge in [0.15, 0.2) is 0 Å². The maximum Gasteiger partial charge on any atom is 0.143 e. The second-order valence-corrected chi connectivity index (χ2v) is 29.9. The lowest BCUT2D eigenvalue weighted by molar-refractivity contribution is 0.589. The Kier molecular flexibility index (Phi) is 13.6. The van der Waals surface area contributed by atoms with Gasteiger partial charge in [-0.3, -0.25) is 0 Å². The Bertz CT molecular complexity index is 4600. The van der Waals surface area contributed by atoms with Gasteiger partial charge in [-0.2, -0.15) is 0 Å². The van der Waals surface area contributed by atoms with Gasteiger partial charge >= 0.3 is 0 Å². The van der Waals surface area contributed by atoms with Crippen molar-refractivity contribution in [3.8, 4) is 16.8 Å². The number of rotatable bonds is 8. The van der Waals surface area contributed by atoms with Crippen LogP contribution in [0.5, 0.6) is 0 Å². The van der Waals surface area contributed by atoms with Crippen molar-refractivity contribution >= 4 is 107 Å². The molecule has 0 saturated heterocycles. The van der Waals surface area contributed by atoms with E-state index in [9.17, 15) is 0 Å². The molecule has 6 heteroatoms. The maximum absolute atomic E-state index is 8.44. The van der Waals surface area contributed by atoms with Crippen LogP contribution in [-0.4, -0.2) is 4.57 Å².